The lowest BCUT2D eigenvalue weighted by Crippen LogP contribution is -2.46. The van der Waals surface area contributed by atoms with E-state index in [1.165, 1.54) is 11.1 Å². The minimum atomic E-state index is -0.251. The molecule has 29 heavy (non-hydrogen) atoms. The molecule has 2 aromatic carbocycles. The van der Waals surface area contributed by atoms with E-state index in [0.717, 1.165) is 30.0 Å². The van der Waals surface area contributed by atoms with Gasteiger partial charge in [0.15, 0.2) is 0 Å². The summed E-state index contributed by atoms with van der Waals surface area (Å²) in [4.78, 5) is 14.9. The van der Waals surface area contributed by atoms with Crippen molar-refractivity contribution in [2.24, 2.45) is 0 Å². The molecular formula is C23H27N3O3. The quantitative estimate of drug-likeness (QED) is 0.818. The highest BCUT2D eigenvalue weighted by Crippen LogP contribution is 2.33. The van der Waals surface area contributed by atoms with Crippen molar-refractivity contribution in [1.82, 2.24) is 15.8 Å². The second kappa shape index (κ2) is 8.68. The Morgan fingerprint density at radius 2 is 1.90 bits per heavy atom. The van der Waals surface area contributed by atoms with Crippen LogP contribution in [0.2, 0.25) is 0 Å². The van der Waals surface area contributed by atoms with Crippen molar-refractivity contribution in [3.63, 3.8) is 0 Å². The third-order valence-electron chi connectivity index (χ3n) is 5.68. The van der Waals surface area contributed by atoms with E-state index >= 15 is 0 Å². The molecule has 0 bridgehead atoms. The van der Waals surface area contributed by atoms with Crippen LogP contribution in [-0.2, 0) is 4.79 Å². The lowest BCUT2D eigenvalue weighted by molar-refractivity contribution is -0.132. The van der Waals surface area contributed by atoms with E-state index in [4.69, 9.17) is 9.47 Å². The molecule has 0 aromatic heterocycles. The summed E-state index contributed by atoms with van der Waals surface area (Å²) < 4.78 is 10.8. The van der Waals surface area contributed by atoms with E-state index in [1.807, 2.05) is 29.2 Å². The number of hydrogen-bond donors (Lipinski definition) is 2. The van der Waals surface area contributed by atoms with Gasteiger partial charge in [0.1, 0.15) is 17.5 Å². The minimum Gasteiger partial charge on any atom is -0.497 e. The van der Waals surface area contributed by atoms with E-state index in [2.05, 4.69) is 41.2 Å². The molecule has 2 aliphatic rings. The normalized spacial score (nSPS) is 21.6. The van der Waals surface area contributed by atoms with Gasteiger partial charge in [-0.1, -0.05) is 42.5 Å². The van der Waals surface area contributed by atoms with Gasteiger partial charge < -0.3 is 14.4 Å². The Bertz CT molecular complexity index is 897. The van der Waals surface area contributed by atoms with Gasteiger partial charge in [-0.15, -0.1) is 0 Å². The minimum absolute atomic E-state index is 0.00465. The molecule has 6 nitrogen and oxygen atoms in total. The van der Waals surface area contributed by atoms with Crippen LogP contribution in [0.1, 0.15) is 30.0 Å². The molecule has 0 saturated carbocycles. The van der Waals surface area contributed by atoms with Crippen molar-refractivity contribution in [2.75, 3.05) is 27.3 Å². The van der Waals surface area contributed by atoms with E-state index in [0.29, 0.717) is 13.0 Å². The van der Waals surface area contributed by atoms with Crippen LogP contribution >= 0.6 is 0 Å². The first-order chi connectivity index (χ1) is 14.2. The van der Waals surface area contributed by atoms with Crippen molar-refractivity contribution < 1.29 is 14.3 Å². The fourth-order valence-corrected chi connectivity index (χ4v) is 4.03. The molecule has 0 aliphatic carbocycles. The number of benzene rings is 2. The molecule has 2 N–H and O–H groups in total. The summed E-state index contributed by atoms with van der Waals surface area (Å²) in [5, 5.41) is 0. The lowest BCUT2D eigenvalue weighted by atomic mass is 9.98. The van der Waals surface area contributed by atoms with Gasteiger partial charge in [0, 0.05) is 24.7 Å². The predicted molar refractivity (Wildman–Crippen MR) is 113 cm³/mol. The molecule has 1 saturated heterocycles. The number of amides is 1. The van der Waals surface area contributed by atoms with E-state index in [-0.39, 0.29) is 18.0 Å². The SMILES string of the molecule is COc1ccc(C2CC(C(=O)N3CC=C(c4ccccc4)CC3)NN2)c(OC)c1. The Morgan fingerprint density at radius 1 is 1.07 bits per heavy atom. The molecule has 6 heteroatoms. The van der Waals surface area contributed by atoms with Gasteiger partial charge in [0.25, 0.3) is 0 Å². The Labute approximate surface area is 171 Å². The predicted octanol–water partition coefficient (Wildman–Crippen LogP) is 2.93. The summed E-state index contributed by atoms with van der Waals surface area (Å²) in [6, 6.07) is 15.9. The maximum atomic E-state index is 13.0. The van der Waals surface area contributed by atoms with Gasteiger partial charge in [-0.05, 0) is 30.0 Å². The van der Waals surface area contributed by atoms with Crippen LogP contribution in [0.15, 0.2) is 54.6 Å². The van der Waals surface area contributed by atoms with E-state index in [1.54, 1.807) is 14.2 Å². The average Bonchev–Trinajstić information content (AvgIpc) is 3.29. The van der Waals surface area contributed by atoms with Crippen LogP contribution in [0.4, 0.5) is 0 Å². The molecule has 2 aromatic rings. The smallest absolute Gasteiger partial charge is 0.241 e. The molecule has 1 amide bonds. The van der Waals surface area contributed by atoms with Gasteiger partial charge in [-0.25, -0.2) is 10.9 Å². The summed E-state index contributed by atoms with van der Waals surface area (Å²) in [6.45, 7) is 1.39. The lowest BCUT2D eigenvalue weighted by Gasteiger charge is -2.28. The zero-order chi connectivity index (χ0) is 20.2. The summed E-state index contributed by atoms with van der Waals surface area (Å²) in [7, 11) is 3.28. The van der Waals surface area contributed by atoms with Crippen LogP contribution in [-0.4, -0.2) is 44.2 Å². The molecule has 0 spiro atoms. The maximum Gasteiger partial charge on any atom is 0.241 e. The maximum absolute atomic E-state index is 13.0. The van der Waals surface area contributed by atoms with Crippen LogP contribution < -0.4 is 20.3 Å². The summed E-state index contributed by atoms with van der Waals surface area (Å²) in [5.41, 5.74) is 10.0. The first kappa shape index (κ1) is 19.5. The fraction of sp³-hybridized carbons (Fsp3) is 0.348. The Hall–Kier alpha value is -2.83. The summed E-state index contributed by atoms with van der Waals surface area (Å²) in [5.74, 6) is 1.64. The number of rotatable bonds is 5. The van der Waals surface area contributed by atoms with Crippen molar-refractivity contribution in [1.29, 1.82) is 0 Å². The second-order valence-corrected chi connectivity index (χ2v) is 7.37. The molecule has 1 fully saturated rings. The number of nitrogens with one attached hydrogen (secondary N) is 2. The zero-order valence-electron chi connectivity index (χ0n) is 16.9. The van der Waals surface area contributed by atoms with Crippen molar-refractivity contribution in [3.8, 4) is 11.5 Å². The third kappa shape index (κ3) is 4.13. The molecule has 2 heterocycles. The Kier molecular flexibility index (Phi) is 5.83. The second-order valence-electron chi connectivity index (χ2n) is 7.37. The van der Waals surface area contributed by atoms with Gasteiger partial charge >= 0.3 is 0 Å². The molecule has 4 rings (SSSR count). The number of hydrazine groups is 1. The van der Waals surface area contributed by atoms with Crippen LogP contribution in [0, 0.1) is 0 Å². The van der Waals surface area contributed by atoms with Gasteiger partial charge in [-0.2, -0.15) is 0 Å². The molecular weight excluding hydrogens is 366 g/mol. The Balaban J connectivity index is 1.40. The van der Waals surface area contributed by atoms with Crippen molar-refractivity contribution >= 4 is 11.5 Å². The summed E-state index contributed by atoms with van der Waals surface area (Å²) >= 11 is 0. The average molecular weight is 393 g/mol. The number of hydrogen-bond acceptors (Lipinski definition) is 5. The largest absolute Gasteiger partial charge is 0.497 e. The highest BCUT2D eigenvalue weighted by molar-refractivity contribution is 5.83. The number of carbonyl (C=O) groups excluding carboxylic acids is 1. The first-order valence-corrected chi connectivity index (χ1v) is 9.96. The highest BCUT2D eigenvalue weighted by Gasteiger charge is 2.34. The molecule has 2 aliphatic heterocycles. The van der Waals surface area contributed by atoms with Crippen molar-refractivity contribution in [3.05, 3.63) is 65.7 Å². The van der Waals surface area contributed by atoms with Crippen LogP contribution in [0.25, 0.3) is 5.57 Å². The summed E-state index contributed by atoms with van der Waals surface area (Å²) in [6.07, 6.45) is 3.72. The third-order valence-corrected chi connectivity index (χ3v) is 5.68. The van der Waals surface area contributed by atoms with E-state index in [9.17, 15) is 4.79 Å². The molecule has 152 valence electrons. The molecule has 2 atom stereocenters. The highest BCUT2D eigenvalue weighted by atomic mass is 16.5. The monoisotopic (exact) mass is 393 g/mol. The van der Waals surface area contributed by atoms with Gasteiger partial charge in [-0.3, -0.25) is 4.79 Å². The number of methoxy groups -OCH3 is 2. The number of nitrogens with zero attached hydrogens (tertiary/aromatic N) is 1. The molecule has 0 radical (unpaired) electrons. The standard InChI is InChI=1S/C23H27N3O3/c1-28-18-8-9-19(22(14-18)29-2)20-15-21(25-24-20)23(27)26-12-10-17(11-13-26)16-6-4-3-5-7-16/h3-10,14,20-21,24-25H,11-13,15H2,1-2H3. The van der Waals surface area contributed by atoms with Crippen molar-refractivity contribution in [2.45, 2.75) is 24.9 Å². The fourth-order valence-electron chi connectivity index (χ4n) is 4.03. The number of ether oxygens (including phenoxy) is 2. The first-order valence-electron chi connectivity index (χ1n) is 9.96. The van der Waals surface area contributed by atoms with Crippen LogP contribution in [0.5, 0.6) is 11.5 Å². The van der Waals surface area contributed by atoms with Gasteiger partial charge in [0.2, 0.25) is 5.91 Å². The van der Waals surface area contributed by atoms with E-state index < -0.39 is 0 Å². The molecule has 2 unspecified atom stereocenters. The Morgan fingerprint density at radius 3 is 2.59 bits per heavy atom. The topological polar surface area (TPSA) is 62.8 Å². The van der Waals surface area contributed by atoms with Gasteiger partial charge in [0.05, 0.1) is 20.3 Å². The van der Waals surface area contributed by atoms with Crippen LogP contribution in [0.3, 0.4) is 0 Å². The number of carbonyl (C=O) groups is 1. The zero-order valence-corrected chi connectivity index (χ0v) is 16.9.